The molecule has 0 N–H and O–H groups in total. The summed E-state index contributed by atoms with van der Waals surface area (Å²) in [6.07, 6.45) is 8.84. The lowest BCUT2D eigenvalue weighted by molar-refractivity contribution is 0.0974. The smallest absolute Gasteiger partial charge is 0.268 e. The zero-order valence-electron chi connectivity index (χ0n) is 17.0. The summed E-state index contributed by atoms with van der Waals surface area (Å²) in [5, 5.41) is 4.77. The molecule has 0 aliphatic carbocycles. The lowest BCUT2D eigenvalue weighted by Gasteiger charge is -2.39. The number of anilines is 1. The maximum Gasteiger partial charge on any atom is 0.268 e. The fourth-order valence-corrected chi connectivity index (χ4v) is 5.81. The van der Waals surface area contributed by atoms with Gasteiger partial charge in [0.1, 0.15) is 0 Å². The van der Waals surface area contributed by atoms with Gasteiger partial charge in [-0.1, -0.05) is 23.4 Å². The largest absolute Gasteiger partial charge is 0.378 e. The molecule has 0 amide bonds. The zero-order valence-corrected chi connectivity index (χ0v) is 18.6. The SMILES string of the molecule is C[C@H]1CC2(CCN(c3ncc(Sc4ccn5nccc5c4Cl)c(=O)n3C)CC2)CO1. The summed E-state index contributed by atoms with van der Waals surface area (Å²) in [6, 6.07) is 3.72. The van der Waals surface area contributed by atoms with Crippen LogP contribution in [0.5, 0.6) is 0 Å². The van der Waals surface area contributed by atoms with E-state index in [2.05, 4.69) is 21.9 Å². The number of hydrogen-bond acceptors (Lipinski definition) is 6. The second-order valence-corrected chi connectivity index (χ2v) is 9.82. The monoisotopic (exact) mass is 445 g/mol. The van der Waals surface area contributed by atoms with Crippen LogP contribution in [0.15, 0.2) is 45.3 Å². The Balaban J connectivity index is 1.36. The Bertz CT molecular complexity index is 1150. The summed E-state index contributed by atoms with van der Waals surface area (Å²) in [7, 11) is 1.79. The molecule has 5 rings (SSSR count). The van der Waals surface area contributed by atoms with Crippen molar-refractivity contribution in [2.45, 2.75) is 42.1 Å². The van der Waals surface area contributed by atoms with Crippen molar-refractivity contribution in [1.82, 2.24) is 19.2 Å². The Labute approximate surface area is 184 Å². The standard InChI is InChI=1S/C21H24ClN5O2S/c1-14-11-21(13-29-14)5-9-26(10-6-21)20-23-12-17(19(28)25(20)2)30-16-4-8-27-15(18(16)22)3-7-24-27/h3-4,7-8,12,14H,5-6,9-11,13H2,1-2H3/t14-/m0/s1. The summed E-state index contributed by atoms with van der Waals surface area (Å²) >= 11 is 7.86. The molecule has 2 saturated heterocycles. The normalized spacial score (nSPS) is 21.0. The molecule has 2 aliphatic heterocycles. The number of fused-ring (bicyclic) bond motifs is 1. The third-order valence-electron chi connectivity index (χ3n) is 6.31. The van der Waals surface area contributed by atoms with Gasteiger partial charge < -0.3 is 9.64 Å². The second kappa shape index (κ2) is 7.59. The van der Waals surface area contributed by atoms with Crippen LogP contribution in [-0.2, 0) is 11.8 Å². The van der Waals surface area contributed by atoms with Crippen molar-refractivity contribution in [1.29, 1.82) is 0 Å². The van der Waals surface area contributed by atoms with Gasteiger partial charge in [0.25, 0.3) is 5.56 Å². The van der Waals surface area contributed by atoms with Gasteiger partial charge in [0, 0.05) is 31.2 Å². The molecule has 1 spiro atoms. The second-order valence-electron chi connectivity index (χ2n) is 8.36. The number of hydrogen-bond donors (Lipinski definition) is 0. The molecule has 3 aromatic rings. The number of rotatable bonds is 3. The molecule has 0 bridgehead atoms. The van der Waals surface area contributed by atoms with Crippen molar-refractivity contribution < 1.29 is 4.74 Å². The maximum atomic E-state index is 13.0. The van der Waals surface area contributed by atoms with E-state index in [1.54, 1.807) is 28.5 Å². The predicted octanol–water partition coefficient (Wildman–Crippen LogP) is 3.63. The molecule has 30 heavy (non-hydrogen) atoms. The number of ether oxygens (including phenoxy) is 1. The first-order valence-corrected chi connectivity index (χ1v) is 11.4. The van der Waals surface area contributed by atoms with E-state index in [4.69, 9.17) is 16.3 Å². The predicted molar refractivity (Wildman–Crippen MR) is 118 cm³/mol. The molecule has 0 saturated carbocycles. The minimum absolute atomic E-state index is 0.0624. The molecular weight excluding hydrogens is 422 g/mol. The van der Waals surface area contributed by atoms with Crippen molar-refractivity contribution in [2.24, 2.45) is 12.5 Å². The molecule has 0 radical (unpaired) electrons. The maximum absolute atomic E-state index is 13.0. The Morgan fingerprint density at radius 2 is 2.07 bits per heavy atom. The van der Waals surface area contributed by atoms with Crippen molar-refractivity contribution in [2.75, 3.05) is 24.6 Å². The summed E-state index contributed by atoms with van der Waals surface area (Å²) in [4.78, 5) is 21.3. The molecular formula is C21H24ClN5O2S. The lowest BCUT2D eigenvalue weighted by atomic mass is 9.77. The van der Waals surface area contributed by atoms with E-state index >= 15 is 0 Å². The fourth-order valence-electron chi connectivity index (χ4n) is 4.60. The molecule has 2 aliphatic rings. The van der Waals surface area contributed by atoms with Gasteiger partial charge in [-0.15, -0.1) is 0 Å². The Morgan fingerprint density at radius 3 is 2.80 bits per heavy atom. The van der Waals surface area contributed by atoms with Crippen LogP contribution in [0.1, 0.15) is 26.2 Å². The van der Waals surface area contributed by atoms with Crippen molar-refractivity contribution in [3.63, 3.8) is 0 Å². The van der Waals surface area contributed by atoms with Gasteiger partial charge in [0.2, 0.25) is 5.95 Å². The fraction of sp³-hybridized carbons (Fsp3) is 0.476. The molecule has 1 atom stereocenters. The van der Waals surface area contributed by atoms with Crippen LogP contribution < -0.4 is 10.5 Å². The van der Waals surface area contributed by atoms with Crippen LogP contribution >= 0.6 is 23.4 Å². The molecule has 2 fully saturated rings. The highest BCUT2D eigenvalue weighted by Gasteiger charge is 2.41. The van der Waals surface area contributed by atoms with E-state index in [1.165, 1.54) is 11.8 Å². The first-order valence-electron chi connectivity index (χ1n) is 10.2. The number of halogens is 1. The molecule has 7 nitrogen and oxygen atoms in total. The van der Waals surface area contributed by atoms with Gasteiger partial charge >= 0.3 is 0 Å². The number of nitrogens with zero attached hydrogens (tertiary/aromatic N) is 5. The van der Waals surface area contributed by atoms with Gasteiger partial charge in [-0.2, -0.15) is 5.10 Å². The number of aromatic nitrogens is 4. The molecule has 3 aromatic heterocycles. The Hall–Kier alpha value is -2.03. The van der Waals surface area contributed by atoms with Gasteiger partial charge in [0.15, 0.2) is 0 Å². The first-order chi connectivity index (χ1) is 14.5. The van der Waals surface area contributed by atoms with Crippen molar-refractivity contribution in [3.8, 4) is 0 Å². The van der Waals surface area contributed by atoms with Crippen LogP contribution in [-0.4, -0.2) is 45.0 Å². The lowest BCUT2D eigenvalue weighted by Crippen LogP contribution is -2.43. The molecule has 0 aromatic carbocycles. The molecule has 158 valence electrons. The van der Waals surface area contributed by atoms with Gasteiger partial charge in [-0.3, -0.25) is 9.36 Å². The third kappa shape index (κ3) is 3.40. The summed E-state index contributed by atoms with van der Waals surface area (Å²) in [5.74, 6) is 0.725. The molecule has 9 heteroatoms. The van der Waals surface area contributed by atoms with Gasteiger partial charge in [0.05, 0.1) is 40.5 Å². The van der Waals surface area contributed by atoms with Crippen molar-refractivity contribution in [3.05, 3.63) is 46.1 Å². The zero-order chi connectivity index (χ0) is 20.9. The third-order valence-corrected chi connectivity index (χ3v) is 7.88. The average molecular weight is 446 g/mol. The van der Waals surface area contributed by atoms with Crippen molar-refractivity contribution >= 4 is 34.8 Å². The first kappa shape index (κ1) is 19.9. The van der Waals surface area contributed by atoms with Crippen LogP contribution in [0.3, 0.4) is 0 Å². The van der Waals surface area contributed by atoms with Crippen LogP contribution in [0.2, 0.25) is 5.02 Å². The van der Waals surface area contributed by atoms with Gasteiger partial charge in [-0.25, -0.2) is 9.50 Å². The van der Waals surface area contributed by atoms with E-state index < -0.39 is 0 Å². The highest BCUT2D eigenvalue weighted by atomic mass is 35.5. The number of piperidine rings is 1. The van der Waals surface area contributed by atoms with E-state index in [0.29, 0.717) is 21.4 Å². The molecule has 5 heterocycles. The van der Waals surface area contributed by atoms with E-state index in [1.807, 2.05) is 18.3 Å². The van der Waals surface area contributed by atoms with Crippen LogP contribution in [0, 0.1) is 5.41 Å². The Morgan fingerprint density at radius 1 is 1.27 bits per heavy atom. The minimum atomic E-state index is -0.0624. The topological polar surface area (TPSA) is 64.7 Å². The average Bonchev–Trinajstić information content (AvgIpc) is 3.36. The van der Waals surface area contributed by atoms with E-state index in [-0.39, 0.29) is 5.56 Å². The summed E-state index contributed by atoms with van der Waals surface area (Å²) in [5.41, 5.74) is 1.05. The minimum Gasteiger partial charge on any atom is -0.378 e. The summed E-state index contributed by atoms with van der Waals surface area (Å²) < 4.78 is 9.19. The summed E-state index contributed by atoms with van der Waals surface area (Å²) in [6.45, 7) is 4.80. The van der Waals surface area contributed by atoms with Crippen LogP contribution in [0.25, 0.3) is 5.52 Å². The van der Waals surface area contributed by atoms with E-state index in [9.17, 15) is 4.79 Å². The highest BCUT2D eigenvalue weighted by Crippen LogP contribution is 2.42. The Kier molecular flexibility index (Phi) is 5.03. The molecule has 0 unspecified atom stereocenters. The van der Waals surface area contributed by atoms with Gasteiger partial charge in [-0.05, 0) is 43.7 Å². The quantitative estimate of drug-likeness (QED) is 0.613. The van der Waals surface area contributed by atoms with Crippen LogP contribution in [0.4, 0.5) is 5.95 Å². The van der Waals surface area contributed by atoms with E-state index in [0.717, 1.165) is 55.3 Å². The number of pyridine rings is 1. The highest BCUT2D eigenvalue weighted by molar-refractivity contribution is 7.99.